The van der Waals surface area contributed by atoms with Gasteiger partial charge in [0.05, 0.1) is 26.9 Å². The predicted molar refractivity (Wildman–Crippen MR) is 123 cm³/mol. The van der Waals surface area contributed by atoms with Gasteiger partial charge in [0.2, 0.25) is 11.8 Å². The van der Waals surface area contributed by atoms with Gasteiger partial charge in [-0.1, -0.05) is 11.6 Å². The summed E-state index contributed by atoms with van der Waals surface area (Å²) in [5.41, 5.74) is 3.68. The molecule has 0 aromatic heterocycles. The zero-order valence-corrected chi connectivity index (χ0v) is 18.3. The Morgan fingerprint density at radius 3 is 2.55 bits per heavy atom. The van der Waals surface area contributed by atoms with Crippen LogP contribution >= 0.6 is 0 Å². The van der Waals surface area contributed by atoms with E-state index in [9.17, 15) is 9.59 Å². The van der Waals surface area contributed by atoms with Gasteiger partial charge < -0.3 is 24.6 Å². The molecule has 0 saturated carbocycles. The summed E-state index contributed by atoms with van der Waals surface area (Å²) in [6.07, 6.45) is 3.15. The van der Waals surface area contributed by atoms with Gasteiger partial charge in [0.15, 0.2) is 0 Å². The number of carbonyl (C=O) groups excluding carboxylic acids is 2. The van der Waals surface area contributed by atoms with Gasteiger partial charge in [-0.25, -0.2) is 0 Å². The van der Waals surface area contributed by atoms with Crippen molar-refractivity contribution in [1.82, 2.24) is 4.90 Å². The Labute approximate surface area is 183 Å². The number of hydrogen-bond donors (Lipinski definition) is 1. The molecular formula is C24H29N3O4. The molecule has 31 heavy (non-hydrogen) atoms. The molecule has 0 aliphatic carbocycles. The molecule has 1 aliphatic rings. The molecule has 3 rings (SSSR count). The van der Waals surface area contributed by atoms with Crippen molar-refractivity contribution in [3.8, 4) is 5.75 Å². The fraction of sp³-hybridized carbons (Fsp3) is 0.333. The summed E-state index contributed by atoms with van der Waals surface area (Å²) in [4.78, 5) is 28.4. The second-order valence-corrected chi connectivity index (χ2v) is 7.47. The number of ether oxygens (including phenoxy) is 2. The quantitative estimate of drug-likeness (QED) is 0.694. The number of methoxy groups -OCH3 is 1. The fourth-order valence-corrected chi connectivity index (χ4v) is 3.34. The number of benzene rings is 2. The van der Waals surface area contributed by atoms with Crippen molar-refractivity contribution in [3.05, 3.63) is 59.7 Å². The van der Waals surface area contributed by atoms with Gasteiger partial charge in [0, 0.05) is 43.2 Å². The molecule has 164 valence electrons. The molecule has 0 atom stereocenters. The van der Waals surface area contributed by atoms with Crippen LogP contribution in [0.3, 0.4) is 0 Å². The monoisotopic (exact) mass is 423 g/mol. The van der Waals surface area contributed by atoms with Crippen LogP contribution in [0.1, 0.15) is 11.1 Å². The minimum absolute atomic E-state index is 0.0423. The highest BCUT2D eigenvalue weighted by Crippen LogP contribution is 2.21. The highest BCUT2D eigenvalue weighted by atomic mass is 16.5. The Bertz CT molecular complexity index is 934. The van der Waals surface area contributed by atoms with E-state index in [0.29, 0.717) is 11.4 Å². The lowest BCUT2D eigenvalue weighted by molar-refractivity contribution is -0.129. The molecule has 2 amide bonds. The highest BCUT2D eigenvalue weighted by molar-refractivity contribution is 5.98. The zero-order chi connectivity index (χ0) is 22.2. The maximum absolute atomic E-state index is 12.4. The van der Waals surface area contributed by atoms with Crippen molar-refractivity contribution < 1.29 is 19.1 Å². The lowest BCUT2D eigenvalue weighted by atomic mass is 10.1. The van der Waals surface area contributed by atoms with Crippen LogP contribution in [0.5, 0.6) is 5.75 Å². The number of nitrogens with zero attached hydrogens (tertiary/aromatic N) is 2. The number of carbonyl (C=O) groups is 2. The molecule has 0 radical (unpaired) electrons. The molecule has 1 fully saturated rings. The highest BCUT2D eigenvalue weighted by Gasteiger charge is 2.13. The van der Waals surface area contributed by atoms with Gasteiger partial charge in [-0.3, -0.25) is 9.59 Å². The Morgan fingerprint density at radius 2 is 1.87 bits per heavy atom. The van der Waals surface area contributed by atoms with Crippen molar-refractivity contribution in [2.24, 2.45) is 0 Å². The first-order valence-corrected chi connectivity index (χ1v) is 10.3. The summed E-state index contributed by atoms with van der Waals surface area (Å²) in [7, 11) is 3.19. The van der Waals surface area contributed by atoms with E-state index in [4.69, 9.17) is 9.47 Å². The van der Waals surface area contributed by atoms with E-state index in [-0.39, 0.29) is 18.4 Å². The second-order valence-electron chi connectivity index (χ2n) is 7.47. The van der Waals surface area contributed by atoms with Crippen LogP contribution in [0.4, 0.5) is 11.4 Å². The number of aryl methyl sites for hydroxylation is 1. The van der Waals surface area contributed by atoms with Gasteiger partial charge in [0.25, 0.3) is 0 Å². The van der Waals surface area contributed by atoms with E-state index in [2.05, 4.69) is 10.2 Å². The molecule has 0 unspecified atom stereocenters. The fourth-order valence-electron chi connectivity index (χ4n) is 3.34. The summed E-state index contributed by atoms with van der Waals surface area (Å²) in [6.45, 7) is 5.11. The predicted octanol–water partition coefficient (Wildman–Crippen LogP) is 2.95. The average Bonchev–Trinajstić information content (AvgIpc) is 2.78. The van der Waals surface area contributed by atoms with Crippen LogP contribution < -0.4 is 15.0 Å². The molecular weight excluding hydrogens is 394 g/mol. The molecule has 2 aromatic rings. The van der Waals surface area contributed by atoms with Crippen LogP contribution in [-0.4, -0.2) is 63.7 Å². The Morgan fingerprint density at radius 1 is 1.16 bits per heavy atom. The van der Waals surface area contributed by atoms with Crippen molar-refractivity contribution >= 4 is 29.3 Å². The first kappa shape index (κ1) is 22.4. The maximum atomic E-state index is 12.4. The third-order valence-electron chi connectivity index (χ3n) is 5.07. The van der Waals surface area contributed by atoms with Gasteiger partial charge >= 0.3 is 0 Å². The number of anilines is 2. The maximum Gasteiger partial charge on any atom is 0.246 e. The minimum atomic E-state index is -0.263. The van der Waals surface area contributed by atoms with E-state index >= 15 is 0 Å². The van der Waals surface area contributed by atoms with Gasteiger partial charge in [-0.05, 0) is 49.4 Å². The van der Waals surface area contributed by atoms with E-state index in [1.807, 2.05) is 49.4 Å². The summed E-state index contributed by atoms with van der Waals surface area (Å²) < 4.78 is 10.7. The van der Waals surface area contributed by atoms with Crippen molar-refractivity contribution in [1.29, 1.82) is 0 Å². The van der Waals surface area contributed by atoms with Crippen LogP contribution in [0.25, 0.3) is 6.08 Å². The van der Waals surface area contributed by atoms with Gasteiger partial charge in [-0.2, -0.15) is 0 Å². The summed E-state index contributed by atoms with van der Waals surface area (Å²) >= 11 is 0. The number of nitrogens with one attached hydrogen (secondary N) is 1. The van der Waals surface area contributed by atoms with Crippen molar-refractivity contribution in [2.75, 3.05) is 57.2 Å². The third kappa shape index (κ3) is 6.33. The van der Waals surface area contributed by atoms with Gasteiger partial charge in [0.1, 0.15) is 5.75 Å². The summed E-state index contributed by atoms with van der Waals surface area (Å²) in [5.74, 6) is 0.174. The lowest BCUT2D eigenvalue weighted by Crippen LogP contribution is -2.36. The molecule has 7 nitrogen and oxygen atoms in total. The van der Waals surface area contributed by atoms with Crippen LogP contribution in [0, 0.1) is 6.92 Å². The van der Waals surface area contributed by atoms with Gasteiger partial charge in [-0.15, -0.1) is 0 Å². The minimum Gasteiger partial charge on any atom is -0.496 e. The molecule has 1 heterocycles. The van der Waals surface area contributed by atoms with E-state index in [1.165, 1.54) is 11.0 Å². The van der Waals surface area contributed by atoms with E-state index in [1.54, 1.807) is 20.2 Å². The standard InChI is InChI=1S/C24H29N3O4/c1-18-4-10-22(30-3)19(16-18)5-11-24(29)26(2)17-23(28)25-20-6-8-21(9-7-20)27-12-14-31-15-13-27/h4-11,16H,12-15,17H2,1-3H3,(H,25,28)/b11-5+. The molecule has 2 aromatic carbocycles. The largest absolute Gasteiger partial charge is 0.496 e. The number of amides is 2. The normalized spacial score (nSPS) is 13.8. The number of morpholine rings is 1. The van der Waals surface area contributed by atoms with Crippen LogP contribution in [0.2, 0.25) is 0 Å². The molecule has 0 bridgehead atoms. The van der Waals surface area contributed by atoms with E-state index in [0.717, 1.165) is 43.1 Å². The van der Waals surface area contributed by atoms with Crippen LogP contribution in [-0.2, 0) is 14.3 Å². The van der Waals surface area contributed by atoms with Crippen molar-refractivity contribution in [2.45, 2.75) is 6.92 Å². The zero-order valence-electron chi connectivity index (χ0n) is 18.3. The second kappa shape index (κ2) is 10.6. The Hall–Kier alpha value is -3.32. The topological polar surface area (TPSA) is 71.1 Å². The molecule has 0 spiro atoms. The lowest BCUT2D eigenvalue weighted by Gasteiger charge is -2.28. The summed E-state index contributed by atoms with van der Waals surface area (Å²) in [5, 5.41) is 2.84. The third-order valence-corrected chi connectivity index (χ3v) is 5.07. The first-order chi connectivity index (χ1) is 15.0. The van der Waals surface area contributed by atoms with Crippen LogP contribution in [0.15, 0.2) is 48.5 Å². The molecule has 7 heteroatoms. The average molecular weight is 424 g/mol. The number of rotatable bonds is 7. The number of hydrogen-bond acceptors (Lipinski definition) is 5. The summed E-state index contributed by atoms with van der Waals surface area (Å²) in [6, 6.07) is 13.4. The number of likely N-dealkylation sites (N-methyl/N-ethyl adjacent to an activating group) is 1. The van der Waals surface area contributed by atoms with E-state index < -0.39 is 0 Å². The smallest absolute Gasteiger partial charge is 0.246 e. The Kier molecular flexibility index (Phi) is 7.67. The Balaban J connectivity index is 1.52. The van der Waals surface area contributed by atoms with Crippen molar-refractivity contribution in [3.63, 3.8) is 0 Å². The first-order valence-electron chi connectivity index (χ1n) is 10.3. The molecule has 1 N–H and O–H groups in total. The molecule has 1 saturated heterocycles. The SMILES string of the molecule is COc1ccc(C)cc1/C=C/C(=O)N(C)CC(=O)Nc1ccc(N2CCOCC2)cc1. The molecule has 1 aliphatic heterocycles.